The molecule has 0 saturated carbocycles. The lowest BCUT2D eigenvalue weighted by Crippen LogP contribution is -2.06. The number of carbonyl (C=O) groups is 1. The third-order valence-corrected chi connectivity index (χ3v) is 3.98. The quantitative estimate of drug-likeness (QED) is 0.743. The summed E-state index contributed by atoms with van der Waals surface area (Å²) < 4.78 is 10.4. The number of carbonyl (C=O) groups excluding carboxylic acids is 1. The van der Waals surface area contributed by atoms with E-state index in [1.807, 2.05) is 17.5 Å². The number of nitrogens with zero attached hydrogens (tertiary/aromatic N) is 1. The van der Waals surface area contributed by atoms with E-state index in [0.29, 0.717) is 16.8 Å². The first-order valence-electron chi connectivity index (χ1n) is 6.53. The molecule has 1 aromatic carbocycles. The van der Waals surface area contributed by atoms with Gasteiger partial charge in [0.05, 0.1) is 7.11 Å². The number of rotatable bonds is 3. The largest absolute Gasteiger partial charge is 0.505 e. The van der Waals surface area contributed by atoms with Gasteiger partial charge in [-0.15, -0.1) is 11.3 Å². The molecular weight excluding hydrogens is 302 g/mol. The lowest BCUT2D eigenvalue weighted by Gasteiger charge is -2.10. The van der Waals surface area contributed by atoms with E-state index in [1.54, 1.807) is 25.1 Å². The van der Waals surface area contributed by atoms with E-state index in [2.05, 4.69) is 9.72 Å². The van der Waals surface area contributed by atoms with Crippen LogP contribution in [0.4, 0.5) is 0 Å². The van der Waals surface area contributed by atoms with Crippen molar-refractivity contribution in [1.82, 2.24) is 4.98 Å². The van der Waals surface area contributed by atoms with Crippen LogP contribution in [0.1, 0.15) is 16.2 Å². The predicted molar refractivity (Wildman–Crippen MR) is 83.9 cm³/mol. The number of hydrogen-bond donors (Lipinski definition) is 1. The molecule has 0 aliphatic carbocycles. The smallest absolute Gasteiger partial charge is 0.360 e. The molecule has 2 aromatic heterocycles. The van der Waals surface area contributed by atoms with Crippen molar-refractivity contribution in [2.24, 2.45) is 0 Å². The molecular formula is C16H13NO4S. The molecule has 0 atom stereocenters. The van der Waals surface area contributed by atoms with Crippen LogP contribution < -0.4 is 4.74 Å². The fraction of sp³-hybridized carbons (Fsp3) is 0.125. The van der Waals surface area contributed by atoms with Gasteiger partial charge < -0.3 is 14.6 Å². The van der Waals surface area contributed by atoms with Crippen molar-refractivity contribution >= 4 is 28.1 Å². The molecule has 6 heteroatoms. The van der Waals surface area contributed by atoms with Gasteiger partial charge in [-0.25, -0.2) is 9.78 Å². The van der Waals surface area contributed by atoms with Gasteiger partial charge in [0.1, 0.15) is 5.75 Å². The van der Waals surface area contributed by atoms with Crippen molar-refractivity contribution in [2.45, 2.75) is 6.92 Å². The minimum Gasteiger partial charge on any atom is -0.505 e. The van der Waals surface area contributed by atoms with Crippen LogP contribution in [-0.2, 0) is 4.74 Å². The summed E-state index contributed by atoms with van der Waals surface area (Å²) in [5, 5.41) is 14.2. The first kappa shape index (κ1) is 14.3. The summed E-state index contributed by atoms with van der Waals surface area (Å²) >= 11 is 1.49. The van der Waals surface area contributed by atoms with Crippen LogP contribution in [0.25, 0.3) is 10.8 Å². The van der Waals surface area contributed by atoms with Crippen molar-refractivity contribution in [3.05, 3.63) is 47.1 Å². The molecule has 0 aliphatic rings. The highest BCUT2D eigenvalue weighted by atomic mass is 32.1. The van der Waals surface area contributed by atoms with Crippen LogP contribution in [0.15, 0.2) is 35.7 Å². The molecule has 0 aliphatic heterocycles. The minimum absolute atomic E-state index is 0.0839. The van der Waals surface area contributed by atoms with E-state index in [4.69, 9.17) is 4.74 Å². The van der Waals surface area contributed by atoms with Gasteiger partial charge in [0.15, 0.2) is 16.5 Å². The third kappa shape index (κ3) is 2.48. The maximum absolute atomic E-state index is 11.6. The van der Waals surface area contributed by atoms with Crippen LogP contribution in [-0.4, -0.2) is 23.2 Å². The number of esters is 1. The van der Waals surface area contributed by atoms with Gasteiger partial charge in [-0.1, -0.05) is 0 Å². The number of thiophene rings is 1. The maximum Gasteiger partial charge on any atom is 0.360 e. The Morgan fingerprint density at radius 1 is 1.27 bits per heavy atom. The second-order valence-electron chi connectivity index (χ2n) is 4.63. The number of aromatic hydroxyl groups is 1. The van der Waals surface area contributed by atoms with Crippen LogP contribution in [0.2, 0.25) is 0 Å². The average Bonchev–Trinajstić information content (AvgIpc) is 3.03. The van der Waals surface area contributed by atoms with Gasteiger partial charge >= 0.3 is 5.97 Å². The van der Waals surface area contributed by atoms with Crippen LogP contribution in [0.3, 0.4) is 0 Å². The average molecular weight is 315 g/mol. The Balaban J connectivity index is 2.09. The van der Waals surface area contributed by atoms with E-state index in [1.165, 1.54) is 18.4 Å². The normalized spacial score (nSPS) is 10.6. The van der Waals surface area contributed by atoms with E-state index in [0.717, 1.165) is 10.4 Å². The molecule has 0 saturated heterocycles. The van der Waals surface area contributed by atoms with Gasteiger partial charge in [-0.05, 0) is 42.6 Å². The zero-order chi connectivity index (χ0) is 15.7. The molecule has 3 aromatic rings. The molecule has 0 spiro atoms. The molecule has 0 amide bonds. The van der Waals surface area contributed by atoms with E-state index < -0.39 is 5.97 Å². The van der Waals surface area contributed by atoms with Crippen molar-refractivity contribution in [2.75, 3.05) is 7.11 Å². The Hall–Kier alpha value is -2.60. The summed E-state index contributed by atoms with van der Waals surface area (Å²) in [4.78, 5) is 15.8. The Morgan fingerprint density at radius 3 is 2.77 bits per heavy atom. The van der Waals surface area contributed by atoms with Gasteiger partial charge in [0.2, 0.25) is 0 Å². The number of ether oxygens (including phenoxy) is 2. The SMILES string of the molecule is COC(=O)c1nc(C)c2cc(Oc3cccs3)ccc2c1O. The molecule has 0 fully saturated rings. The Morgan fingerprint density at radius 2 is 2.09 bits per heavy atom. The topological polar surface area (TPSA) is 68.7 Å². The lowest BCUT2D eigenvalue weighted by molar-refractivity contribution is 0.0590. The highest BCUT2D eigenvalue weighted by Gasteiger charge is 2.18. The molecule has 0 unspecified atom stereocenters. The second kappa shape index (κ2) is 5.65. The Kier molecular flexibility index (Phi) is 3.68. The summed E-state index contributed by atoms with van der Waals surface area (Å²) in [6.07, 6.45) is 0. The molecule has 112 valence electrons. The monoisotopic (exact) mass is 315 g/mol. The van der Waals surface area contributed by atoms with Crippen molar-refractivity contribution in [3.63, 3.8) is 0 Å². The van der Waals surface area contributed by atoms with Crippen molar-refractivity contribution in [1.29, 1.82) is 0 Å². The zero-order valence-electron chi connectivity index (χ0n) is 12.0. The van der Waals surface area contributed by atoms with Gasteiger partial charge in [0, 0.05) is 16.5 Å². The Bertz CT molecular complexity index is 843. The highest BCUT2D eigenvalue weighted by Crippen LogP contribution is 2.34. The first-order valence-corrected chi connectivity index (χ1v) is 7.41. The standard InChI is InChI=1S/C16H13NO4S/c1-9-12-8-10(21-13-4-3-7-22-13)5-6-11(12)15(18)14(17-9)16(19)20-2/h3-8,18H,1-2H3. The molecule has 2 heterocycles. The number of aromatic nitrogens is 1. The third-order valence-electron chi connectivity index (χ3n) is 3.23. The molecule has 1 N–H and O–H groups in total. The number of aryl methyl sites for hydroxylation is 1. The number of fused-ring (bicyclic) bond motifs is 1. The summed E-state index contributed by atoms with van der Waals surface area (Å²) in [6.45, 7) is 1.77. The van der Waals surface area contributed by atoms with Gasteiger partial charge in [-0.3, -0.25) is 0 Å². The van der Waals surface area contributed by atoms with E-state index >= 15 is 0 Å². The minimum atomic E-state index is -0.665. The first-order chi connectivity index (χ1) is 10.6. The second-order valence-corrected chi connectivity index (χ2v) is 5.54. The predicted octanol–water partition coefficient (Wildman–Crippen LogP) is 3.89. The number of hydrogen-bond acceptors (Lipinski definition) is 6. The summed E-state index contributed by atoms with van der Waals surface area (Å²) in [7, 11) is 1.25. The van der Waals surface area contributed by atoms with E-state index in [9.17, 15) is 9.90 Å². The molecule has 0 radical (unpaired) electrons. The van der Waals surface area contributed by atoms with Gasteiger partial charge in [-0.2, -0.15) is 0 Å². The summed E-state index contributed by atoms with van der Waals surface area (Å²) in [5.74, 6) is -0.207. The van der Waals surface area contributed by atoms with Crippen LogP contribution in [0.5, 0.6) is 16.6 Å². The molecule has 3 rings (SSSR count). The number of benzene rings is 1. The summed E-state index contributed by atoms with van der Waals surface area (Å²) in [6, 6.07) is 9.01. The fourth-order valence-electron chi connectivity index (χ4n) is 2.18. The molecule has 5 nitrogen and oxygen atoms in total. The van der Waals surface area contributed by atoms with E-state index in [-0.39, 0.29) is 11.4 Å². The number of methoxy groups -OCH3 is 1. The van der Waals surface area contributed by atoms with Crippen molar-refractivity contribution < 1.29 is 19.4 Å². The molecule has 22 heavy (non-hydrogen) atoms. The highest BCUT2D eigenvalue weighted by molar-refractivity contribution is 7.11. The van der Waals surface area contributed by atoms with Crippen LogP contribution >= 0.6 is 11.3 Å². The van der Waals surface area contributed by atoms with Crippen molar-refractivity contribution in [3.8, 4) is 16.6 Å². The fourth-order valence-corrected chi connectivity index (χ4v) is 2.77. The summed E-state index contributed by atoms with van der Waals surface area (Å²) in [5.41, 5.74) is 0.532. The zero-order valence-corrected chi connectivity index (χ0v) is 12.8. The Labute approximate surface area is 130 Å². The lowest BCUT2D eigenvalue weighted by atomic mass is 10.1. The van der Waals surface area contributed by atoms with Gasteiger partial charge in [0.25, 0.3) is 0 Å². The molecule has 0 bridgehead atoms. The van der Waals surface area contributed by atoms with Crippen LogP contribution in [0, 0.1) is 6.92 Å². The number of pyridine rings is 1. The maximum atomic E-state index is 11.6.